The third-order valence-corrected chi connectivity index (χ3v) is 7.13. The van der Waals surface area contributed by atoms with E-state index in [-0.39, 0.29) is 18.0 Å². The van der Waals surface area contributed by atoms with E-state index in [0.717, 1.165) is 49.2 Å². The maximum Gasteiger partial charge on any atom is 0.248 e. The Bertz CT molecular complexity index is 1070. The van der Waals surface area contributed by atoms with Gasteiger partial charge in [0.1, 0.15) is 5.60 Å². The lowest BCUT2D eigenvalue weighted by molar-refractivity contribution is -0.170. The quantitative estimate of drug-likeness (QED) is 0.631. The Morgan fingerprint density at radius 3 is 2.65 bits per heavy atom. The first-order valence-corrected chi connectivity index (χ1v) is 10.7. The van der Waals surface area contributed by atoms with Crippen molar-refractivity contribution in [3.63, 3.8) is 0 Å². The Morgan fingerprint density at radius 1 is 1.19 bits per heavy atom. The summed E-state index contributed by atoms with van der Waals surface area (Å²) in [5.74, 6) is 0.336. The second-order valence-corrected chi connectivity index (χ2v) is 8.68. The van der Waals surface area contributed by atoms with Crippen LogP contribution in [0.1, 0.15) is 40.9 Å². The third kappa shape index (κ3) is 3.63. The molecule has 3 N–H and O–H groups in total. The molecule has 1 saturated carbocycles. The first-order chi connectivity index (χ1) is 14.6. The Kier molecular flexibility index (Phi) is 6.06. The molecule has 0 spiro atoms. The highest BCUT2D eigenvalue weighted by molar-refractivity contribution is 5.93. The van der Waals surface area contributed by atoms with Crippen LogP contribution in [0.25, 0.3) is 10.9 Å². The molecule has 2 fully saturated rings. The van der Waals surface area contributed by atoms with E-state index in [0.29, 0.717) is 17.4 Å². The Labute approximate surface area is 188 Å². The van der Waals surface area contributed by atoms with Gasteiger partial charge in [-0.2, -0.15) is 5.10 Å². The van der Waals surface area contributed by atoms with Crippen LogP contribution < -0.4 is 5.73 Å². The van der Waals surface area contributed by atoms with Crippen molar-refractivity contribution in [3.8, 4) is 0 Å². The summed E-state index contributed by atoms with van der Waals surface area (Å²) in [6, 6.07) is 16.0. The number of carbonyl (C=O) groups is 1. The number of methoxy groups -OCH3 is 1. The number of nitrogens with one attached hydrogen (secondary N) is 1. The highest BCUT2D eigenvalue weighted by Crippen LogP contribution is 2.51. The SMILES string of the molecule is COC1(c2cccc(C(N)=O)c2)[C@@H]2CCC[C@H]1CN(Cc1n[nH]c3ccccc13)C2.Cl. The molecule has 3 atom stereocenters. The topological polar surface area (TPSA) is 84.2 Å². The van der Waals surface area contributed by atoms with Gasteiger partial charge in [-0.05, 0) is 36.6 Å². The van der Waals surface area contributed by atoms with Gasteiger partial charge < -0.3 is 10.5 Å². The van der Waals surface area contributed by atoms with Gasteiger partial charge in [-0.15, -0.1) is 12.4 Å². The minimum Gasteiger partial charge on any atom is -0.373 e. The molecule has 7 heteroatoms. The van der Waals surface area contributed by atoms with E-state index < -0.39 is 5.91 Å². The smallest absolute Gasteiger partial charge is 0.248 e. The number of para-hydroxylation sites is 1. The summed E-state index contributed by atoms with van der Waals surface area (Å²) in [5.41, 5.74) is 9.01. The molecule has 2 bridgehead atoms. The monoisotopic (exact) mass is 440 g/mol. The van der Waals surface area contributed by atoms with Crippen LogP contribution >= 0.6 is 12.4 Å². The third-order valence-electron chi connectivity index (χ3n) is 7.13. The summed E-state index contributed by atoms with van der Waals surface area (Å²) in [7, 11) is 1.82. The number of hydrogen-bond donors (Lipinski definition) is 2. The van der Waals surface area contributed by atoms with Gasteiger partial charge in [-0.3, -0.25) is 14.8 Å². The number of carbonyl (C=O) groups excluding carboxylic acids is 1. The fraction of sp³-hybridized carbons (Fsp3) is 0.417. The fourth-order valence-corrected chi connectivity index (χ4v) is 5.84. The van der Waals surface area contributed by atoms with Crippen LogP contribution in [-0.2, 0) is 16.9 Å². The van der Waals surface area contributed by atoms with Gasteiger partial charge >= 0.3 is 0 Å². The van der Waals surface area contributed by atoms with Crippen molar-refractivity contribution in [3.05, 3.63) is 65.4 Å². The molecule has 3 aromatic rings. The van der Waals surface area contributed by atoms with E-state index in [2.05, 4.69) is 39.4 Å². The van der Waals surface area contributed by atoms with Gasteiger partial charge in [0.15, 0.2) is 0 Å². The molecule has 31 heavy (non-hydrogen) atoms. The van der Waals surface area contributed by atoms with Crippen LogP contribution in [0.5, 0.6) is 0 Å². The first kappa shape index (κ1) is 21.8. The number of primary amides is 1. The molecule has 1 aliphatic carbocycles. The lowest BCUT2D eigenvalue weighted by Crippen LogP contribution is -2.58. The number of H-pyrrole nitrogens is 1. The van der Waals surface area contributed by atoms with E-state index in [1.807, 2.05) is 25.3 Å². The van der Waals surface area contributed by atoms with E-state index in [1.54, 1.807) is 6.07 Å². The summed E-state index contributed by atoms with van der Waals surface area (Å²) in [4.78, 5) is 14.3. The van der Waals surface area contributed by atoms with Crippen LogP contribution in [-0.4, -0.2) is 41.2 Å². The molecule has 1 aromatic heterocycles. The number of ether oxygens (including phenoxy) is 1. The van der Waals surface area contributed by atoms with Crippen LogP contribution in [0, 0.1) is 11.8 Å². The fourth-order valence-electron chi connectivity index (χ4n) is 5.84. The number of nitrogens with zero attached hydrogens (tertiary/aromatic N) is 2. The molecule has 1 aliphatic heterocycles. The Morgan fingerprint density at radius 2 is 1.94 bits per heavy atom. The van der Waals surface area contributed by atoms with E-state index in [4.69, 9.17) is 10.5 Å². The van der Waals surface area contributed by atoms with Gasteiger partial charge in [0.05, 0.1) is 11.2 Å². The summed E-state index contributed by atoms with van der Waals surface area (Å²) in [6.07, 6.45) is 3.45. The number of rotatable bonds is 5. The van der Waals surface area contributed by atoms with Crippen LogP contribution in [0.15, 0.2) is 48.5 Å². The Hall–Kier alpha value is -2.41. The second kappa shape index (κ2) is 8.61. The number of piperidine rings is 1. The van der Waals surface area contributed by atoms with Gasteiger partial charge in [0.2, 0.25) is 5.91 Å². The first-order valence-electron chi connectivity index (χ1n) is 10.7. The number of likely N-dealkylation sites (tertiary alicyclic amines) is 1. The maximum absolute atomic E-state index is 11.8. The predicted octanol–water partition coefficient (Wildman–Crippen LogP) is 3.86. The molecule has 1 unspecified atom stereocenters. The average molecular weight is 441 g/mol. The van der Waals surface area contributed by atoms with Gasteiger partial charge in [-0.1, -0.05) is 36.8 Å². The molecule has 0 radical (unpaired) electrons. The molecule has 2 aliphatic rings. The number of nitrogens with two attached hydrogens (primary N) is 1. The number of aromatic nitrogens is 2. The van der Waals surface area contributed by atoms with Crippen molar-refractivity contribution in [1.82, 2.24) is 15.1 Å². The Balaban J connectivity index is 0.00000231. The molecular formula is C24H29ClN4O2. The van der Waals surface area contributed by atoms with Gasteiger partial charge in [0, 0.05) is 49.5 Å². The number of fused-ring (bicyclic) bond motifs is 3. The normalized spacial score (nSPS) is 25.8. The summed E-state index contributed by atoms with van der Waals surface area (Å²) < 4.78 is 6.32. The van der Waals surface area contributed by atoms with Gasteiger partial charge in [0.25, 0.3) is 0 Å². The summed E-state index contributed by atoms with van der Waals surface area (Å²) in [6.45, 7) is 2.73. The van der Waals surface area contributed by atoms with Crippen molar-refractivity contribution in [1.29, 1.82) is 0 Å². The molecular weight excluding hydrogens is 412 g/mol. The second-order valence-electron chi connectivity index (χ2n) is 8.68. The number of aromatic amines is 1. The largest absolute Gasteiger partial charge is 0.373 e. The van der Waals surface area contributed by atoms with Crippen LogP contribution in [0.4, 0.5) is 0 Å². The number of halogens is 1. The zero-order chi connectivity index (χ0) is 20.7. The van der Waals surface area contributed by atoms with Crippen molar-refractivity contribution in [2.45, 2.75) is 31.4 Å². The number of amides is 1. The number of hydrogen-bond acceptors (Lipinski definition) is 4. The molecule has 1 amide bonds. The molecule has 2 aromatic carbocycles. The molecule has 6 nitrogen and oxygen atoms in total. The predicted molar refractivity (Wildman–Crippen MR) is 123 cm³/mol. The zero-order valence-corrected chi connectivity index (χ0v) is 18.5. The summed E-state index contributed by atoms with van der Waals surface area (Å²) >= 11 is 0. The molecule has 1 saturated heterocycles. The summed E-state index contributed by atoms with van der Waals surface area (Å²) in [5, 5.41) is 8.93. The van der Waals surface area contributed by atoms with Gasteiger partial charge in [-0.25, -0.2) is 0 Å². The lowest BCUT2D eigenvalue weighted by atomic mass is 9.62. The molecule has 5 rings (SSSR count). The zero-order valence-electron chi connectivity index (χ0n) is 17.7. The standard InChI is InChI=1S/C24H28N4O2.ClH/c1-30-24(17-7-4-6-16(12-17)23(25)29)18-8-5-9-19(24)14-28(13-18)15-22-20-10-2-3-11-21(20)26-27-22;/h2-4,6-7,10-12,18-19H,5,8-9,13-15H2,1H3,(H2,25,29)(H,26,27);1H/t18-,19+,24?;. The maximum atomic E-state index is 11.8. The van der Waals surface area contributed by atoms with Crippen molar-refractivity contribution in [2.24, 2.45) is 17.6 Å². The minimum absolute atomic E-state index is 0. The minimum atomic E-state index is -0.392. The van der Waals surface area contributed by atoms with Crippen LogP contribution in [0.2, 0.25) is 0 Å². The molecule has 164 valence electrons. The van der Waals surface area contributed by atoms with Crippen LogP contribution in [0.3, 0.4) is 0 Å². The lowest BCUT2D eigenvalue weighted by Gasteiger charge is -2.55. The number of benzene rings is 2. The average Bonchev–Trinajstić information content (AvgIpc) is 3.16. The van der Waals surface area contributed by atoms with E-state index in [9.17, 15) is 4.79 Å². The van der Waals surface area contributed by atoms with Crippen molar-refractivity contribution >= 4 is 29.2 Å². The molecule has 2 heterocycles. The highest BCUT2D eigenvalue weighted by atomic mass is 35.5. The van der Waals surface area contributed by atoms with Crippen molar-refractivity contribution < 1.29 is 9.53 Å². The highest BCUT2D eigenvalue weighted by Gasteiger charge is 2.53. The van der Waals surface area contributed by atoms with E-state index in [1.165, 1.54) is 11.8 Å². The van der Waals surface area contributed by atoms with Crippen molar-refractivity contribution in [2.75, 3.05) is 20.2 Å². The van der Waals surface area contributed by atoms with E-state index >= 15 is 0 Å².